The van der Waals surface area contributed by atoms with Gasteiger partial charge in [0, 0.05) is 17.8 Å². The number of halogens is 3. The van der Waals surface area contributed by atoms with Crippen molar-refractivity contribution < 1.29 is 18.0 Å². The Balaban J connectivity index is 1.57. The monoisotopic (exact) mass is 562 g/mol. The maximum absolute atomic E-state index is 13.5. The number of alkyl halides is 3. The Kier molecular flexibility index (Phi) is 8.16. The van der Waals surface area contributed by atoms with Crippen LogP contribution in [-0.4, -0.2) is 40.0 Å². The van der Waals surface area contributed by atoms with Gasteiger partial charge < -0.3 is 20.9 Å². The number of pyridine rings is 1. The molecule has 0 aliphatic carbocycles. The third kappa shape index (κ3) is 6.63. The summed E-state index contributed by atoms with van der Waals surface area (Å²) in [5.74, 6) is -0.277. The second-order valence-electron chi connectivity index (χ2n) is 9.92. The van der Waals surface area contributed by atoms with Crippen LogP contribution >= 0.6 is 0 Å². The number of piperidine rings is 1. The first-order valence-corrected chi connectivity index (χ1v) is 13.3. The molecule has 1 atom stereocenters. The molecule has 1 fully saturated rings. The topological polar surface area (TPSA) is 112 Å². The molecule has 1 amide bonds. The first-order chi connectivity index (χ1) is 19.7. The number of rotatable bonds is 7. The van der Waals surface area contributed by atoms with E-state index < -0.39 is 23.2 Å². The lowest BCUT2D eigenvalue weighted by molar-refractivity contribution is -0.137. The largest absolute Gasteiger partial charge is 0.416 e. The zero-order valence-corrected chi connectivity index (χ0v) is 22.3. The summed E-state index contributed by atoms with van der Waals surface area (Å²) in [6.07, 6.45) is -1.62. The molecule has 0 radical (unpaired) electrons. The molecule has 4 N–H and O–H groups in total. The summed E-state index contributed by atoms with van der Waals surface area (Å²) in [6.45, 7) is 3.45. The van der Waals surface area contributed by atoms with Gasteiger partial charge in [-0.25, -0.2) is 9.97 Å². The first kappa shape index (κ1) is 28.0. The SMILES string of the molecule is C[C@H](Nc1nccc(-c2cc(C(=O)NC3CCNCC3)c(=O)[nH]c2-c2cccc(C(F)(F)F)c2)n1)c1ccccc1. The highest BCUT2D eigenvalue weighted by atomic mass is 19.4. The highest BCUT2D eigenvalue weighted by Gasteiger charge is 2.31. The molecule has 212 valence electrons. The van der Waals surface area contributed by atoms with E-state index >= 15 is 0 Å². The highest BCUT2D eigenvalue weighted by Crippen LogP contribution is 2.35. The molecule has 11 heteroatoms. The van der Waals surface area contributed by atoms with Gasteiger partial charge >= 0.3 is 6.18 Å². The van der Waals surface area contributed by atoms with Crippen molar-refractivity contribution in [2.75, 3.05) is 18.4 Å². The van der Waals surface area contributed by atoms with Gasteiger partial charge in [-0.1, -0.05) is 42.5 Å². The van der Waals surface area contributed by atoms with Crippen LogP contribution in [0.4, 0.5) is 19.1 Å². The number of benzene rings is 2. The lowest BCUT2D eigenvalue weighted by Gasteiger charge is -2.23. The van der Waals surface area contributed by atoms with Gasteiger partial charge in [-0.15, -0.1) is 0 Å². The van der Waals surface area contributed by atoms with Crippen LogP contribution in [0.3, 0.4) is 0 Å². The first-order valence-electron chi connectivity index (χ1n) is 13.3. The van der Waals surface area contributed by atoms with Crippen LogP contribution in [0.25, 0.3) is 22.5 Å². The molecule has 41 heavy (non-hydrogen) atoms. The Bertz CT molecular complexity index is 1580. The van der Waals surface area contributed by atoms with Crippen LogP contribution in [0.1, 0.15) is 47.3 Å². The van der Waals surface area contributed by atoms with Crippen molar-refractivity contribution in [1.29, 1.82) is 0 Å². The molecule has 1 aliphatic rings. The molecular formula is C30H29F3N6O2. The highest BCUT2D eigenvalue weighted by molar-refractivity contribution is 5.96. The molecule has 0 saturated carbocycles. The van der Waals surface area contributed by atoms with E-state index in [0.717, 1.165) is 43.6 Å². The number of carbonyl (C=O) groups is 1. The smallest absolute Gasteiger partial charge is 0.349 e. The van der Waals surface area contributed by atoms with Crippen LogP contribution in [0.15, 0.2) is 77.7 Å². The number of anilines is 1. The minimum absolute atomic E-state index is 0.0935. The van der Waals surface area contributed by atoms with Crippen LogP contribution in [0.2, 0.25) is 0 Å². The van der Waals surface area contributed by atoms with E-state index in [4.69, 9.17) is 0 Å². The van der Waals surface area contributed by atoms with Gasteiger partial charge in [-0.05, 0) is 68.2 Å². The van der Waals surface area contributed by atoms with Crippen LogP contribution in [0.5, 0.6) is 0 Å². The molecule has 0 bridgehead atoms. The van der Waals surface area contributed by atoms with Crippen molar-refractivity contribution in [2.45, 2.75) is 38.0 Å². The number of aromatic nitrogens is 3. The predicted molar refractivity (Wildman–Crippen MR) is 150 cm³/mol. The average molecular weight is 563 g/mol. The minimum atomic E-state index is -4.58. The predicted octanol–water partition coefficient (Wildman–Crippen LogP) is 5.17. The van der Waals surface area contributed by atoms with Gasteiger partial charge in [0.25, 0.3) is 11.5 Å². The number of amides is 1. The number of hydrogen-bond acceptors (Lipinski definition) is 6. The van der Waals surface area contributed by atoms with Crippen molar-refractivity contribution in [3.8, 4) is 22.5 Å². The number of aromatic amines is 1. The normalized spacial score (nSPS) is 14.8. The molecule has 4 aromatic rings. The van der Waals surface area contributed by atoms with Gasteiger partial charge in [0.2, 0.25) is 5.95 Å². The fourth-order valence-corrected chi connectivity index (χ4v) is 4.81. The van der Waals surface area contributed by atoms with Crippen molar-refractivity contribution >= 4 is 11.9 Å². The summed E-state index contributed by atoms with van der Waals surface area (Å²) >= 11 is 0. The second kappa shape index (κ2) is 11.9. The molecule has 0 spiro atoms. The molecule has 2 aromatic heterocycles. The molecule has 1 aliphatic heterocycles. The fourth-order valence-electron chi connectivity index (χ4n) is 4.81. The van der Waals surface area contributed by atoms with Crippen molar-refractivity contribution in [3.05, 3.63) is 100.0 Å². The van der Waals surface area contributed by atoms with Gasteiger partial charge in [-0.3, -0.25) is 9.59 Å². The van der Waals surface area contributed by atoms with Gasteiger partial charge in [0.1, 0.15) is 5.56 Å². The quantitative estimate of drug-likeness (QED) is 0.247. The van der Waals surface area contributed by atoms with E-state index in [1.54, 1.807) is 6.07 Å². The van der Waals surface area contributed by atoms with Gasteiger partial charge in [0.15, 0.2) is 0 Å². The average Bonchev–Trinajstić information content (AvgIpc) is 2.97. The Morgan fingerprint density at radius 3 is 2.51 bits per heavy atom. The summed E-state index contributed by atoms with van der Waals surface area (Å²) in [5.41, 5.74) is 0.129. The zero-order chi connectivity index (χ0) is 29.0. The molecule has 3 heterocycles. The molecule has 5 rings (SSSR count). The maximum Gasteiger partial charge on any atom is 0.416 e. The van der Waals surface area contributed by atoms with Gasteiger partial charge in [0.05, 0.1) is 23.0 Å². The van der Waals surface area contributed by atoms with E-state index in [0.29, 0.717) is 5.69 Å². The Morgan fingerprint density at radius 1 is 1.02 bits per heavy atom. The van der Waals surface area contributed by atoms with Crippen molar-refractivity contribution in [1.82, 2.24) is 25.6 Å². The minimum Gasteiger partial charge on any atom is -0.349 e. The van der Waals surface area contributed by atoms with E-state index in [9.17, 15) is 22.8 Å². The summed E-state index contributed by atoms with van der Waals surface area (Å²) in [5, 5.41) is 9.36. The molecular weight excluding hydrogens is 533 g/mol. The summed E-state index contributed by atoms with van der Waals surface area (Å²) in [7, 11) is 0. The standard InChI is InChI=1S/C30H29F3N6O2/c1-18(19-6-3-2-4-7-19)36-29-35-15-12-25(38-29)23-17-24(27(40)37-22-10-13-34-14-11-22)28(41)39-26(23)20-8-5-9-21(16-20)30(31,32)33/h2-9,12,15-18,22,34H,10-11,13-14H2,1H3,(H,37,40)(H,39,41)(H,35,36,38)/t18-/m0/s1. The third-order valence-corrected chi connectivity index (χ3v) is 7.02. The molecule has 8 nitrogen and oxygen atoms in total. The Morgan fingerprint density at radius 2 is 1.78 bits per heavy atom. The lowest BCUT2D eigenvalue weighted by atomic mass is 9.99. The number of hydrogen-bond donors (Lipinski definition) is 4. The van der Waals surface area contributed by atoms with Gasteiger partial charge in [-0.2, -0.15) is 13.2 Å². The fraction of sp³-hybridized carbons (Fsp3) is 0.267. The van der Waals surface area contributed by atoms with Crippen molar-refractivity contribution in [3.63, 3.8) is 0 Å². The second-order valence-corrected chi connectivity index (χ2v) is 9.92. The number of nitrogens with zero attached hydrogens (tertiary/aromatic N) is 2. The number of H-pyrrole nitrogens is 1. The number of carbonyl (C=O) groups excluding carboxylic acids is 1. The Labute approximate surface area is 234 Å². The Hall–Kier alpha value is -4.51. The lowest BCUT2D eigenvalue weighted by Crippen LogP contribution is -2.44. The zero-order valence-electron chi connectivity index (χ0n) is 22.3. The van der Waals surface area contributed by atoms with E-state index in [1.165, 1.54) is 24.4 Å². The molecule has 1 saturated heterocycles. The van der Waals surface area contributed by atoms with E-state index in [1.807, 2.05) is 37.3 Å². The van der Waals surface area contributed by atoms with E-state index in [-0.39, 0.29) is 40.4 Å². The van der Waals surface area contributed by atoms with Crippen LogP contribution in [0, 0.1) is 0 Å². The molecule has 2 aromatic carbocycles. The van der Waals surface area contributed by atoms with Crippen LogP contribution in [-0.2, 0) is 6.18 Å². The number of nitrogens with one attached hydrogen (secondary N) is 4. The third-order valence-electron chi connectivity index (χ3n) is 7.02. The molecule has 0 unspecified atom stereocenters. The summed E-state index contributed by atoms with van der Waals surface area (Å²) < 4.78 is 40.6. The van der Waals surface area contributed by atoms with Crippen molar-refractivity contribution in [2.24, 2.45) is 0 Å². The van der Waals surface area contributed by atoms with Crippen LogP contribution < -0.4 is 21.5 Å². The maximum atomic E-state index is 13.5. The van der Waals surface area contributed by atoms with E-state index in [2.05, 4.69) is 30.9 Å². The summed E-state index contributed by atoms with van der Waals surface area (Å²) in [6, 6.07) is 17.1. The summed E-state index contributed by atoms with van der Waals surface area (Å²) in [4.78, 5) is 37.9.